The first-order chi connectivity index (χ1) is 19.7. The van der Waals surface area contributed by atoms with Crippen molar-refractivity contribution in [1.82, 2.24) is 34.7 Å². The number of aromatic nitrogens is 5. The molecule has 0 radical (unpaired) electrons. The number of pyridine rings is 1. The quantitative estimate of drug-likeness (QED) is 0.285. The largest absolute Gasteiger partial charge is 0.326 e. The Kier molecular flexibility index (Phi) is 7.46. The fourth-order valence-corrected chi connectivity index (χ4v) is 6.58. The number of nitrogens with one attached hydrogen (secondary N) is 2. The topological polar surface area (TPSA) is 83.8 Å². The van der Waals surface area contributed by atoms with Crippen molar-refractivity contribution in [3.05, 3.63) is 59.7 Å². The second-order valence-electron chi connectivity index (χ2n) is 11.9. The summed E-state index contributed by atoms with van der Waals surface area (Å²) in [5.74, 6) is 0.296. The Balaban J connectivity index is 1.18. The van der Waals surface area contributed by atoms with Gasteiger partial charge in [0.05, 0.1) is 11.7 Å². The first-order valence-electron chi connectivity index (χ1n) is 14.6. The van der Waals surface area contributed by atoms with E-state index in [0.717, 1.165) is 37.9 Å². The van der Waals surface area contributed by atoms with E-state index in [0.29, 0.717) is 28.1 Å². The Morgan fingerprint density at radius 1 is 0.927 bits per heavy atom. The molecule has 0 saturated carbocycles. The van der Waals surface area contributed by atoms with Crippen LogP contribution in [0.5, 0.6) is 0 Å². The molecule has 1 atom stereocenters. The van der Waals surface area contributed by atoms with Gasteiger partial charge in [-0.3, -0.25) is 4.90 Å². The average molecular weight is 561 g/mol. The highest BCUT2D eigenvalue weighted by atomic mass is 19.1. The Morgan fingerprint density at radius 3 is 2.37 bits per heavy atom. The molecular formula is C31H38F2N8. The third-order valence-corrected chi connectivity index (χ3v) is 9.04. The van der Waals surface area contributed by atoms with E-state index in [9.17, 15) is 4.39 Å². The molecule has 2 aliphatic heterocycles. The number of hydrogen-bond donors (Lipinski definition) is 2. The van der Waals surface area contributed by atoms with Crippen LogP contribution in [0.1, 0.15) is 69.9 Å². The minimum Gasteiger partial charge on any atom is -0.326 e. The van der Waals surface area contributed by atoms with Crippen molar-refractivity contribution >= 4 is 22.8 Å². The number of aryl methyl sites for hydroxylation is 1. The minimum absolute atomic E-state index is 0.0133. The normalized spacial score (nSPS) is 18.3. The fourth-order valence-electron chi connectivity index (χ4n) is 6.58. The predicted octanol–water partition coefficient (Wildman–Crippen LogP) is 6.33. The molecule has 0 aliphatic carbocycles. The van der Waals surface area contributed by atoms with Crippen molar-refractivity contribution in [3.63, 3.8) is 0 Å². The van der Waals surface area contributed by atoms with Crippen LogP contribution in [-0.2, 0) is 0 Å². The molecule has 2 aliphatic rings. The Hall–Kier alpha value is -3.50. The van der Waals surface area contributed by atoms with Gasteiger partial charge in [-0.05, 0) is 109 Å². The standard InChI is InChI=1S/C31H38F2N8/c1-19(2)41-21(4)37-29-24(32)15-23(16-26(29)41)28-25(33)18-36-30(39-28)38-27-6-5-22(17-35-27)20(3)40-13-9-31(10-14-40)7-11-34-12-8-31/h5-6,15-20,34H,7-14H2,1-4H3,(H,35,36,38,39)/t20-/m0/s1. The van der Waals surface area contributed by atoms with E-state index in [-0.39, 0.29) is 29.2 Å². The number of rotatable bonds is 6. The van der Waals surface area contributed by atoms with Crippen molar-refractivity contribution in [2.45, 2.75) is 65.5 Å². The molecule has 5 heterocycles. The van der Waals surface area contributed by atoms with Gasteiger partial charge < -0.3 is 15.2 Å². The summed E-state index contributed by atoms with van der Waals surface area (Å²) in [4.78, 5) is 20.0. The van der Waals surface area contributed by atoms with E-state index in [1.165, 1.54) is 31.7 Å². The molecule has 6 rings (SSSR count). The number of piperidine rings is 2. The molecule has 0 amide bonds. The minimum atomic E-state index is -0.633. The summed E-state index contributed by atoms with van der Waals surface area (Å²) in [5, 5.41) is 6.57. The Bertz CT molecular complexity index is 1530. The van der Waals surface area contributed by atoms with Crippen LogP contribution in [0.3, 0.4) is 0 Å². The molecule has 0 bridgehead atoms. The van der Waals surface area contributed by atoms with Gasteiger partial charge in [0, 0.05) is 23.8 Å². The molecule has 10 heteroatoms. The van der Waals surface area contributed by atoms with E-state index in [1.807, 2.05) is 37.6 Å². The van der Waals surface area contributed by atoms with Crippen LogP contribution >= 0.6 is 0 Å². The fraction of sp³-hybridized carbons (Fsp3) is 0.484. The average Bonchev–Trinajstić information content (AvgIpc) is 3.31. The number of anilines is 2. The van der Waals surface area contributed by atoms with Crippen molar-refractivity contribution in [3.8, 4) is 11.3 Å². The van der Waals surface area contributed by atoms with Gasteiger partial charge in [0.25, 0.3) is 0 Å². The van der Waals surface area contributed by atoms with E-state index < -0.39 is 11.6 Å². The molecule has 4 aromatic rings. The van der Waals surface area contributed by atoms with Crippen LogP contribution in [0.25, 0.3) is 22.3 Å². The van der Waals surface area contributed by atoms with Crippen molar-refractivity contribution < 1.29 is 8.78 Å². The number of fused-ring (bicyclic) bond motifs is 1. The van der Waals surface area contributed by atoms with Gasteiger partial charge in [0.15, 0.2) is 11.6 Å². The highest BCUT2D eigenvalue weighted by Gasteiger charge is 2.36. The zero-order valence-electron chi connectivity index (χ0n) is 24.2. The van der Waals surface area contributed by atoms with Crippen molar-refractivity contribution in [1.29, 1.82) is 0 Å². The van der Waals surface area contributed by atoms with Crippen LogP contribution in [0, 0.1) is 24.0 Å². The molecule has 1 spiro atoms. The number of imidazole rings is 1. The van der Waals surface area contributed by atoms with Crippen LogP contribution in [0.4, 0.5) is 20.5 Å². The second-order valence-corrected chi connectivity index (χ2v) is 11.9. The summed E-state index contributed by atoms with van der Waals surface area (Å²) in [6, 6.07) is 7.31. The lowest BCUT2D eigenvalue weighted by atomic mass is 9.71. The maximum atomic E-state index is 15.0. The van der Waals surface area contributed by atoms with Gasteiger partial charge in [0.1, 0.15) is 22.9 Å². The van der Waals surface area contributed by atoms with Gasteiger partial charge >= 0.3 is 0 Å². The molecule has 1 aromatic carbocycles. The summed E-state index contributed by atoms with van der Waals surface area (Å²) in [6.45, 7) is 12.6. The van der Waals surface area contributed by atoms with Gasteiger partial charge in [-0.1, -0.05) is 6.07 Å². The van der Waals surface area contributed by atoms with Gasteiger partial charge in [-0.25, -0.2) is 28.7 Å². The first-order valence-corrected chi connectivity index (χ1v) is 14.6. The summed E-state index contributed by atoms with van der Waals surface area (Å²) < 4.78 is 31.9. The SMILES string of the molecule is Cc1nc2c(F)cc(-c3nc(Nc4ccc([C@H](C)N5CCC6(CCNCC6)CC5)cn4)ncc3F)cc2n1C(C)C. The Morgan fingerprint density at radius 2 is 1.68 bits per heavy atom. The molecule has 3 aromatic heterocycles. The number of benzene rings is 1. The highest BCUT2D eigenvalue weighted by molar-refractivity contribution is 5.83. The summed E-state index contributed by atoms with van der Waals surface area (Å²) >= 11 is 0. The monoisotopic (exact) mass is 560 g/mol. The number of likely N-dealkylation sites (tertiary alicyclic amines) is 1. The van der Waals surface area contributed by atoms with E-state index in [1.54, 1.807) is 6.07 Å². The van der Waals surface area contributed by atoms with Gasteiger partial charge in [-0.2, -0.15) is 0 Å². The molecule has 216 valence electrons. The van der Waals surface area contributed by atoms with E-state index in [2.05, 4.69) is 48.5 Å². The number of hydrogen-bond acceptors (Lipinski definition) is 7. The lowest BCUT2D eigenvalue weighted by Gasteiger charge is -2.46. The lowest BCUT2D eigenvalue weighted by Crippen LogP contribution is -2.46. The highest BCUT2D eigenvalue weighted by Crippen LogP contribution is 2.41. The zero-order valence-corrected chi connectivity index (χ0v) is 24.2. The maximum absolute atomic E-state index is 15.0. The van der Waals surface area contributed by atoms with Crippen LogP contribution in [0.15, 0.2) is 36.7 Å². The number of nitrogens with zero attached hydrogens (tertiary/aromatic N) is 6. The van der Waals surface area contributed by atoms with Crippen LogP contribution in [-0.4, -0.2) is 55.6 Å². The van der Waals surface area contributed by atoms with Crippen molar-refractivity contribution in [2.24, 2.45) is 5.41 Å². The third-order valence-electron chi connectivity index (χ3n) is 9.04. The molecule has 0 unspecified atom stereocenters. The summed E-state index contributed by atoms with van der Waals surface area (Å²) in [5.41, 5.74) is 2.88. The van der Waals surface area contributed by atoms with Crippen LogP contribution < -0.4 is 10.6 Å². The molecular weight excluding hydrogens is 522 g/mol. The van der Waals surface area contributed by atoms with Crippen molar-refractivity contribution in [2.75, 3.05) is 31.5 Å². The Labute approximate surface area is 239 Å². The van der Waals surface area contributed by atoms with Crippen LogP contribution in [0.2, 0.25) is 0 Å². The second kappa shape index (κ2) is 11.1. The third kappa shape index (κ3) is 5.42. The number of halogens is 2. The summed E-state index contributed by atoms with van der Waals surface area (Å²) in [6.07, 6.45) is 8.07. The molecule has 41 heavy (non-hydrogen) atoms. The maximum Gasteiger partial charge on any atom is 0.229 e. The molecule has 2 saturated heterocycles. The first kappa shape index (κ1) is 27.7. The molecule has 2 fully saturated rings. The predicted molar refractivity (Wildman–Crippen MR) is 157 cm³/mol. The zero-order chi connectivity index (χ0) is 28.7. The van der Waals surface area contributed by atoms with Gasteiger partial charge in [0.2, 0.25) is 5.95 Å². The smallest absolute Gasteiger partial charge is 0.229 e. The van der Waals surface area contributed by atoms with E-state index >= 15 is 4.39 Å². The van der Waals surface area contributed by atoms with Gasteiger partial charge in [-0.15, -0.1) is 0 Å². The molecule has 2 N–H and O–H groups in total. The van der Waals surface area contributed by atoms with E-state index in [4.69, 9.17) is 0 Å². The lowest BCUT2D eigenvalue weighted by molar-refractivity contribution is 0.0538. The summed E-state index contributed by atoms with van der Waals surface area (Å²) in [7, 11) is 0. The molecule has 8 nitrogen and oxygen atoms in total.